The molecule has 9 heteroatoms. The molecule has 0 aromatic heterocycles. The van der Waals surface area contributed by atoms with Crippen molar-refractivity contribution in [1.82, 2.24) is 5.32 Å². The lowest BCUT2D eigenvalue weighted by Crippen LogP contribution is -2.35. The van der Waals surface area contributed by atoms with Gasteiger partial charge in [0.05, 0.1) is 24.5 Å². The molecule has 2 saturated heterocycles. The normalized spacial score (nSPS) is 17.9. The lowest BCUT2D eigenvalue weighted by atomic mass is 9.99. The summed E-state index contributed by atoms with van der Waals surface area (Å²) in [5.74, 6) is 1.20. The molecule has 2 aromatic carbocycles. The van der Waals surface area contributed by atoms with Crippen LogP contribution in [0.1, 0.15) is 34.3 Å². The van der Waals surface area contributed by atoms with Crippen LogP contribution in [0.25, 0.3) is 0 Å². The largest absolute Gasteiger partial charge is 0.442 e. The third-order valence-electron chi connectivity index (χ3n) is 6.26. The van der Waals surface area contributed by atoms with Crippen LogP contribution in [0.4, 0.5) is 20.6 Å². The van der Waals surface area contributed by atoms with E-state index in [1.54, 1.807) is 18.2 Å². The second-order valence-electron chi connectivity index (χ2n) is 8.90. The van der Waals surface area contributed by atoms with Gasteiger partial charge >= 0.3 is 6.09 Å². The van der Waals surface area contributed by atoms with E-state index < -0.39 is 12.2 Å². The van der Waals surface area contributed by atoms with Gasteiger partial charge in [-0.25, -0.2) is 9.18 Å². The minimum absolute atomic E-state index is 0.0538. The standard InChI is InChI=1S/C26H30FN3O4S/c1-17-3-5-21(18(2)13-17)24(31)7-8-25(32)28-15-20-16-30(26(33)34-20)19-4-6-23(22(27)14-19)29-9-11-35-12-10-29/h3-6,13-14,20H,7-12,15-16H2,1-2H3,(H,28,32). The fourth-order valence-corrected chi connectivity index (χ4v) is 5.27. The first kappa shape index (κ1) is 25.0. The van der Waals surface area contributed by atoms with Crippen LogP contribution in [0.2, 0.25) is 0 Å². The molecule has 4 rings (SSSR count). The van der Waals surface area contributed by atoms with Crippen LogP contribution in [0.3, 0.4) is 0 Å². The number of hydrogen-bond donors (Lipinski definition) is 1. The van der Waals surface area contributed by atoms with E-state index in [0.717, 1.165) is 35.7 Å². The molecular formula is C26H30FN3O4S. The summed E-state index contributed by atoms with van der Waals surface area (Å²) in [5, 5.41) is 2.73. The van der Waals surface area contributed by atoms with E-state index in [4.69, 9.17) is 4.74 Å². The SMILES string of the molecule is Cc1ccc(C(=O)CCC(=O)NCC2CN(c3ccc(N4CCSCC4)c(F)c3)C(=O)O2)c(C)c1. The van der Waals surface area contributed by atoms with Crippen LogP contribution < -0.4 is 15.1 Å². The average Bonchev–Trinajstić information content (AvgIpc) is 3.22. The van der Waals surface area contributed by atoms with Gasteiger partial charge in [-0.1, -0.05) is 23.8 Å². The molecule has 7 nitrogen and oxygen atoms in total. The molecule has 0 saturated carbocycles. The number of benzene rings is 2. The number of aryl methyl sites for hydroxylation is 2. The van der Waals surface area contributed by atoms with Gasteiger partial charge in [0.15, 0.2) is 5.78 Å². The molecule has 1 N–H and O–H groups in total. The molecule has 2 aliphatic heterocycles. The van der Waals surface area contributed by atoms with Crippen LogP contribution in [0.5, 0.6) is 0 Å². The number of Topliss-reactive ketones (excluding diaryl/α,β-unsaturated/α-hetero) is 1. The highest BCUT2D eigenvalue weighted by atomic mass is 32.2. The van der Waals surface area contributed by atoms with Crippen LogP contribution in [-0.2, 0) is 9.53 Å². The topological polar surface area (TPSA) is 79.0 Å². The highest BCUT2D eigenvalue weighted by molar-refractivity contribution is 7.99. The highest BCUT2D eigenvalue weighted by Gasteiger charge is 2.33. The summed E-state index contributed by atoms with van der Waals surface area (Å²) in [6.45, 7) is 5.78. The predicted octanol–water partition coefficient (Wildman–Crippen LogP) is 4.10. The Morgan fingerprint density at radius 2 is 1.89 bits per heavy atom. The Balaban J connectivity index is 1.26. The third kappa shape index (κ3) is 6.14. The smallest absolute Gasteiger partial charge is 0.414 e. The molecular weight excluding hydrogens is 469 g/mol. The molecule has 35 heavy (non-hydrogen) atoms. The number of hydrogen-bond acceptors (Lipinski definition) is 6. The Morgan fingerprint density at radius 3 is 2.60 bits per heavy atom. The first-order valence-corrected chi connectivity index (χ1v) is 12.9. The second-order valence-corrected chi connectivity index (χ2v) is 10.1. The van der Waals surface area contributed by atoms with Gasteiger partial charge in [-0.15, -0.1) is 0 Å². The lowest BCUT2D eigenvalue weighted by Gasteiger charge is -2.29. The van der Waals surface area contributed by atoms with Crippen molar-refractivity contribution in [3.8, 4) is 0 Å². The van der Waals surface area contributed by atoms with E-state index >= 15 is 0 Å². The molecule has 186 valence electrons. The Bertz CT molecular complexity index is 1120. The summed E-state index contributed by atoms with van der Waals surface area (Å²) >= 11 is 1.85. The van der Waals surface area contributed by atoms with Crippen molar-refractivity contribution in [2.75, 3.05) is 47.5 Å². The van der Waals surface area contributed by atoms with Gasteiger partial charge in [0.25, 0.3) is 0 Å². The number of cyclic esters (lactones) is 1. The zero-order chi connectivity index (χ0) is 24.9. The molecule has 2 amide bonds. The number of anilines is 2. The van der Waals surface area contributed by atoms with Crippen molar-refractivity contribution >= 4 is 40.9 Å². The van der Waals surface area contributed by atoms with Gasteiger partial charge in [0.1, 0.15) is 11.9 Å². The summed E-state index contributed by atoms with van der Waals surface area (Å²) < 4.78 is 20.1. The molecule has 0 radical (unpaired) electrons. The first-order valence-electron chi connectivity index (χ1n) is 11.8. The average molecular weight is 500 g/mol. The van der Waals surface area contributed by atoms with Gasteiger partial charge < -0.3 is 15.0 Å². The Labute approximate surface area is 209 Å². The molecule has 1 atom stereocenters. The summed E-state index contributed by atoms with van der Waals surface area (Å²) in [6.07, 6.45) is -0.967. The molecule has 1 unspecified atom stereocenters. The number of thioether (sulfide) groups is 1. The fourth-order valence-electron chi connectivity index (χ4n) is 4.37. The number of amides is 2. The summed E-state index contributed by atoms with van der Waals surface area (Å²) in [6, 6.07) is 10.4. The van der Waals surface area contributed by atoms with Gasteiger partial charge in [0, 0.05) is 43.0 Å². The number of ketones is 1. The monoisotopic (exact) mass is 499 g/mol. The zero-order valence-corrected chi connectivity index (χ0v) is 20.8. The maximum absolute atomic E-state index is 14.8. The van der Waals surface area contributed by atoms with Crippen molar-refractivity contribution in [2.24, 2.45) is 0 Å². The molecule has 2 heterocycles. The fraction of sp³-hybridized carbons (Fsp3) is 0.423. The zero-order valence-electron chi connectivity index (χ0n) is 20.0. The van der Waals surface area contributed by atoms with Crippen molar-refractivity contribution in [3.05, 3.63) is 58.9 Å². The van der Waals surface area contributed by atoms with Crippen LogP contribution in [0, 0.1) is 19.7 Å². The lowest BCUT2D eigenvalue weighted by molar-refractivity contribution is -0.121. The number of ether oxygens (including phenoxy) is 1. The van der Waals surface area contributed by atoms with E-state index in [2.05, 4.69) is 5.32 Å². The molecule has 0 bridgehead atoms. The van der Waals surface area contributed by atoms with Gasteiger partial charge in [-0.3, -0.25) is 14.5 Å². The van der Waals surface area contributed by atoms with E-state index in [1.165, 1.54) is 11.0 Å². The molecule has 2 aromatic rings. The number of nitrogens with one attached hydrogen (secondary N) is 1. The van der Waals surface area contributed by atoms with E-state index in [-0.39, 0.29) is 43.4 Å². The predicted molar refractivity (Wildman–Crippen MR) is 136 cm³/mol. The number of nitrogens with zero attached hydrogens (tertiary/aromatic N) is 2. The van der Waals surface area contributed by atoms with Gasteiger partial charge in [-0.2, -0.15) is 11.8 Å². The van der Waals surface area contributed by atoms with Gasteiger partial charge in [0.2, 0.25) is 5.91 Å². The third-order valence-corrected chi connectivity index (χ3v) is 7.20. The summed E-state index contributed by atoms with van der Waals surface area (Å²) in [4.78, 5) is 40.5. The van der Waals surface area contributed by atoms with Crippen LogP contribution in [0.15, 0.2) is 36.4 Å². The molecule has 0 aliphatic carbocycles. The first-order chi connectivity index (χ1) is 16.8. The molecule has 2 aliphatic rings. The Hall–Kier alpha value is -3.07. The maximum atomic E-state index is 14.8. The summed E-state index contributed by atoms with van der Waals surface area (Å²) in [5.41, 5.74) is 3.57. The van der Waals surface area contributed by atoms with E-state index in [0.29, 0.717) is 16.9 Å². The number of carbonyl (C=O) groups excluding carboxylic acids is 3. The van der Waals surface area contributed by atoms with Crippen LogP contribution >= 0.6 is 11.8 Å². The summed E-state index contributed by atoms with van der Waals surface area (Å²) in [7, 11) is 0. The van der Waals surface area contributed by atoms with Crippen molar-refractivity contribution in [1.29, 1.82) is 0 Å². The van der Waals surface area contributed by atoms with Crippen molar-refractivity contribution < 1.29 is 23.5 Å². The number of rotatable bonds is 8. The van der Waals surface area contributed by atoms with Crippen molar-refractivity contribution in [3.63, 3.8) is 0 Å². The van der Waals surface area contributed by atoms with Crippen LogP contribution in [-0.4, -0.2) is 61.6 Å². The Morgan fingerprint density at radius 1 is 1.11 bits per heavy atom. The van der Waals surface area contributed by atoms with E-state index in [9.17, 15) is 18.8 Å². The number of carbonyl (C=O) groups is 3. The quantitative estimate of drug-likeness (QED) is 0.551. The highest BCUT2D eigenvalue weighted by Crippen LogP contribution is 2.29. The van der Waals surface area contributed by atoms with Crippen molar-refractivity contribution in [2.45, 2.75) is 32.8 Å². The van der Waals surface area contributed by atoms with Gasteiger partial charge in [-0.05, 0) is 37.6 Å². The van der Waals surface area contributed by atoms with E-state index in [1.807, 2.05) is 42.6 Å². The number of halogens is 1. The molecule has 2 fully saturated rings. The minimum atomic E-state index is -0.573. The Kier molecular flexibility index (Phi) is 7.95. The second kappa shape index (κ2) is 11.1. The maximum Gasteiger partial charge on any atom is 0.414 e. The molecule has 0 spiro atoms. The minimum Gasteiger partial charge on any atom is -0.442 e.